The van der Waals surface area contributed by atoms with E-state index in [0.717, 1.165) is 5.56 Å². The molecule has 0 bridgehead atoms. The van der Waals surface area contributed by atoms with Crippen LogP contribution in [0.15, 0.2) is 53.7 Å². The molecule has 1 aromatic carbocycles. The molecule has 27 heavy (non-hydrogen) atoms. The number of hydrogen-bond acceptors (Lipinski definition) is 6. The van der Waals surface area contributed by atoms with E-state index in [0.29, 0.717) is 29.6 Å². The number of pyridine rings is 1. The van der Waals surface area contributed by atoms with E-state index < -0.39 is 6.10 Å². The van der Waals surface area contributed by atoms with Crippen molar-refractivity contribution in [2.24, 2.45) is 0 Å². The van der Waals surface area contributed by atoms with Gasteiger partial charge in [0.15, 0.2) is 5.65 Å². The maximum absolute atomic E-state index is 12.4. The third-order valence-corrected chi connectivity index (χ3v) is 4.14. The molecule has 1 N–H and O–H groups in total. The monoisotopic (exact) mass is 367 g/mol. The van der Waals surface area contributed by atoms with Gasteiger partial charge in [-0.1, -0.05) is 12.1 Å². The summed E-state index contributed by atoms with van der Waals surface area (Å²) in [6.07, 6.45) is 3.31. The van der Waals surface area contributed by atoms with Crippen molar-refractivity contribution in [1.29, 1.82) is 0 Å². The molecule has 0 aliphatic heterocycles. The fourth-order valence-electron chi connectivity index (χ4n) is 2.67. The normalized spacial score (nSPS) is 12.1. The highest BCUT2D eigenvalue weighted by molar-refractivity contribution is 5.75. The lowest BCUT2D eigenvalue weighted by molar-refractivity contribution is -0.116. The van der Waals surface area contributed by atoms with Gasteiger partial charge in [0, 0.05) is 12.6 Å². The number of aliphatic hydroxyl groups is 1. The lowest BCUT2D eigenvalue weighted by atomic mass is 10.1. The number of aryl methyl sites for hydroxylation is 1. The summed E-state index contributed by atoms with van der Waals surface area (Å²) in [6.45, 7) is 1.70. The molecule has 0 saturated heterocycles. The quantitative estimate of drug-likeness (QED) is 0.652. The molecule has 2 aromatic heterocycles. The first-order valence-corrected chi connectivity index (χ1v) is 8.72. The summed E-state index contributed by atoms with van der Waals surface area (Å²) < 4.78 is 6.93. The van der Waals surface area contributed by atoms with E-state index in [1.165, 1.54) is 10.9 Å². The number of ketones is 1. The minimum atomic E-state index is -0.865. The first kappa shape index (κ1) is 18.7. The van der Waals surface area contributed by atoms with Crippen molar-refractivity contribution in [2.45, 2.75) is 32.4 Å². The number of rotatable bonds is 8. The van der Waals surface area contributed by atoms with Gasteiger partial charge in [0.1, 0.15) is 30.6 Å². The molecule has 3 rings (SSSR count). The van der Waals surface area contributed by atoms with Gasteiger partial charge in [0.05, 0.1) is 11.9 Å². The molecule has 0 saturated carbocycles. The summed E-state index contributed by atoms with van der Waals surface area (Å²) in [4.78, 5) is 31.6. The Bertz CT molecular complexity index is 982. The SMILES string of the molecule is CC(=O)CCc1ccc(OC[C@@H](O)Cn2cnc3ncccc3c2=O)cc1. The summed E-state index contributed by atoms with van der Waals surface area (Å²) in [5.41, 5.74) is 1.19. The Kier molecular flexibility index (Phi) is 5.93. The second-order valence-corrected chi connectivity index (χ2v) is 6.39. The van der Waals surface area contributed by atoms with Crippen LogP contribution in [0, 0.1) is 0 Å². The summed E-state index contributed by atoms with van der Waals surface area (Å²) in [6, 6.07) is 10.7. The Labute approximate surface area is 156 Å². The van der Waals surface area contributed by atoms with Crippen molar-refractivity contribution >= 4 is 16.8 Å². The molecule has 0 aliphatic carbocycles. The first-order valence-electron chi connectivity index (χ1n) is 8.72. The molecule has 0 spiro atoms. The van der Waals surface area contributed by atoms with Gasteiger partial charge in [-0.15, -0.1) is 0 Å². The second kappa shape index (κ2) is 8.55. The summed E-state index contributed by atoms with van der Waals surface area (Å²) in [5, 5.41) is 10.6. The zero-order valence-electron chi connectivity index (χ0n) is 15.0. The van der Waals surface area contributed by atoms with E-state index in [-0.39, 0.29) is 24.5 Å². The van der Waals surface area contributed by atoms with Crippen LogP contribution in [0.4, 0.5) is 0 Å². The van der Waals surface area contributed by atoms with Crippen molar-refractivity contribution < 1.29 is 14.6 Å². The molecule has 0 unspecified atom stereocenters. The van der Waals surface area contributed by atoms with Gasteiger partial charge in [0.2, 0.25) is 0 Å². The Balaban J connectivity index is 1.57. The maximum atomic E-state index is 12.4. The smallest absolute Gasteiger partial charge is 0.262 e. The number of aromatic nitrogens is 3. The lowest BCUT2D eigenvalue weighted by Crippen LogP contribution is -2.30. The zero-order valence-corrected chi connectivity index (χ0v) is 15.0. The van der Waals surface area contributed by atoms with Crippen LogP contribution in [0.2, 0.25) is 0 Å². The Morgan fingerprint density at radius 1 is 1.22 bits per heavy atom. The van der Waals surface area contributed by atoms with Crippen molar-refractivity contribution in [3.05, 3.63) is 64.8 Å². The van der Waals surface area contributed by atoms with Crippen molar-refractivity contribution in [3.63, 3.8) is 0 Å². The van der Waals surface area contributed by atoms with Crippen LogP contribution in [0.3, 0.4) is 0 Å². The molecular weight excluding hydrogens is 346 g/mol. The average Bonchev–Trinajstić information content (AvgIpc) is 2.68. The number of carbonyl (C=O) groups excluding carboxylic acids is 1. The predicted octanol–water partition coefficient (Wildman–Crippen LogP) is 1.75. The number of ether oxygens (including phenoxy) is 1. The van der Waals surface area contributed by atoms with Crippen LogP contribution >= 0.6 is 0 Å². The average molecular weight is 367 g/mol. The van der Waals surface area contributed by atoms with E-state index in [1.54, 1.807) is 37.4 Å². The van der Waals surface area contributed by atoms with Crippen molar-refractivity contribution in [1.82, 2.24) is 14.5 Å². The minimum absolute atomic E-state index is 0.0459. The largest absolute Gasteiger partial charge is 0.491 e. The third kappa shape index (κ3) is 4.98. The van der Waals surface area contributed by atoms with Gasteiger partial charge in [-0.3, -0.25) is 9.36 Å². The molecule has 0 fully saturated rings. The Morgan fingerprint density at radius 3 is 2.74 bits per heavy atom. The van der Waals surface area contributed by atoms with Gasteiger partial charge < -0.3 is 14.6 Å². The van der Waals surface area contributed by atoms with Crippen LogP contribution < -0.4 is 10.3 Å². The molecule has 2 heterocycles. The molecular formula is C20H21N3O4. The molecule has 140 valence electrons. The molecule has 0 radical (unpaired) electrons. The van der Waals surface area contributed by atoms with E-state index in [9.17, 15) is 14.7 Å². The maximum Gasteiger partial charge on any atom is 0.262 e. The van der Waals surface area contributed by atoms with Crippen LogP contribution in [0.5, 0.6) is 5.75 Å². The summed E-state index contributed by atoms with van der Waals surface area (Å²) >= 11 is 0. The highest BCUT2D eigenvalue weighted by atomic mass is 16.5. The van der Waals surface area contributed by atoms with E-state index in [4.69, 9.17) is 4.74 Å². The summed E-state index contributed by atoms with van der Waals surface area (Å²) in [7, 11) is 0. The predicted molar refractivity (Wildman–Crippen MR) is 101 cm³/mol. The number of Topliss-reactive ketones (excluding diaryl/α,β-unsaturated/α-hetero) is 1. The van der Waals surface area contributed by atoms with Gasteiger partial charge in [-0.05, 0) is 43.2 Å². The zero-order chi connectivity index (χ0) is 19.2. The highest BCUT2D eigenvalue weighted by Gasteiger charge is 2.10. The number of benzene rings is 1. The van der Waals surface area contributed by atoms with Gasteiger partial charge in [-0.2, -0.15) is 0 Å². The molecule has 7 nitrogen and oxygen atoms in total. The molecule has 7 heteroatoms. The number of nitrogens with zero attached hydrogens (tertiary/aromatic N) is 3. The van der Waals surface area contributed by atoms with E-state index in [2.05, 4.69) is 9.97 Å². The second-order valence-electron chi connectivity index (χ2n) is 6.39. The topological polar surface area (TPSA) is 94.3 Å². The van der Waals surface area contributed by atoms with E-state index >= 15 is 0 Å². The van der Waals surface area contributed by atoms with Crippen LogP contribution in [-0.4, -0.2) is 38.1 Å². The van der Waals surface area contributed by atoms with E-state index in [1.807, 2.05) is 12.1 Å². The molecule has 0 aliphatic rings. The Morgan fingerprint density at radius 2 is 2.00 bits per heavy atom. The van der Waals surface area contributed by atoms with Crippen LogP contribution in [-0.2, 0) is 17.8 Å². The number of carbonyl (C=O) groups is 1. The standard InChI is InChI=1S/C20H21N3O4/c1-14(24)4-5-15-6-8-17(9-7-15)27-12-16(25)11-23-13-22-19-18(20(23)26)3-2-10-21-19/h2-3,6-10,13,16,25H,4-5,11-12H2,1H3/t16-/m0/s1. The van der Waals surface area contributed by atoms with Crippen LogP contribution in [0.1, 0.15) is 18.9 Å². The number of fused-ring (bicyclic) bond motifs is 1. The van der Waals surface area contributed by atoms with Crippen LogP contribution in [0.25, 0.3) is 11.0 Å². The minimum Gasteiger partial charge on any atom is -0.491 e. The fraction of sp³-hybridized carbons (Fsp3) is 0.300. The van der Waals surface area contributed by atoms with Crippen molar-refractivity contribution in [2.75, 3.05) is 6.61 Å². The fourth-order valence-corrected chi connectivity index (χ4v) is 2.67. The summed E-state index contributed by atoms with van der Waals surface area (Å²) in [5.74, 6) is 0.779. The van der Waals surface area contributed by atoms with Gasteiger partial charge >= 0.3 is 0 Å². The first-order chi connectivity index (χ1) is 13.0. The van der Waals surface area contributed by atoms with Gasteiger partial charge in [0.25, 0.3) is 5.56 Å². The molecule has 0 amide bonds. The van der Waals surface area contributed by atoms with Gasteiger partial charge in [-0.25, -0.2) is 9.97 Å². The third-order valence-electron chi connectivity index (χ3n) is 4.14. The number of hydrogen-bond donors (Lipinski definition) is 1. The Hall–Kier alpha value is -3.06. The molecule has 1 atom stereocenters. The number of aliphatic hydroxyl groups excluding tert-OH is 1. The highest BCUT2D eigenvalue weighted by Crippen LogP contribution is 2.14. The lowest BCUT2D eigenvalue weighted by Gasteiger charge is -2.14. The van der Waals surface area contributed by atoms with Crippen molar-refractivity contribution in [3.8, 4) is 5.75 Å². The molecule has 3 aromatic rings.